The van der Waals surface area contributed by atoms with Crippen LogP contribution in [0.25, 0.3) is 0 Å². The molecule has 0 aromatic heterocycles. The highest BCUT2D eigenvalue weighted by molar-refractivity contribution is 5.65. The van der Waals surface area contributed by atoms with Crippen LogP contribution in [0.2, 0.25) is 0 Å². The SMILES string of the molecule is COc1ccc([N+](=O)[O-])c(CCNC2CCN(C(=O)O)CC2)c1. The third-order valence-corrected chi connectivity index (χ3v) is 4.08. The van der Waals surface area contributed by atoms with Crippen molar-refractivity contribution in [3.05, 3.63) is 33.9 Å². The Morgan fingerprint density at radius 1 is 1.48 bits per heavy atom. The Balaban J connectivity index is 1.87. The molecule has 1 heterocycles. The maximum absolute atomic E-state index is 11.1. The predicted octanol–water partition coefficient (Wildman–Crippen LogP) is 1.88. The van der Waals surface area contributed by atoms with Crippen molar-refractivity contribution < 1.29 is 19.6 Å². The molecule has 0 atom stereocenters. The number of amides is 1. The molecular weight excluding hydrogens is 302 g/mol. The van der Waals surface area contributed by atoms with E-state index in [9.17, 15) is 14.9 Å². The van der Waals surface area contributed by atoms with Crippen LogP contribution in [0.3, 0.4) is 0 Å². The van der Waals surface area contributed by atoms with E-state index in [4.69, 9.17) is 9.84 Å². The maximum atomic E-state index is 11.1. The number of nitrogens with one attached hydrogen (secondary N) is 1. The molecule has 0 unspecified atom stereocenters. The van der Waals surface area contributed by atoms with Gasteiger partial charge >= 0.3 is 6.09 Å². The van der Waals surface area contributed by atoms with Crippen LogP contribution in [0.5, 0.6) is 5.75 Å². The standard InChI is InChI=1S/C15H21N3O5/c1-23-13-2-3-14(18(21)22)11(10-13)4-7-16-12-5-8-17(9-6-12)15(19)20/h2-3,10,12,16H,4-9H2,1H3,(H,19,20). The van der Waals surface area contributed by atoms with Gasteiger partial charge in [-0.2, -0.15) is 0 Å². The number of hydrogen-bond donors (Lipinski definition) is 2. The fourth-order valence-corrected chi connectivity index (χ4v) is 2.75. The quantitative estimate of drug-likeness (QED) is 0.612. The first kappa shape index (κ1) is 17.0. The minimum absolute atomic E-state index is 0.0910. The topological polar surface area (TPSA) is 105 Å². The fraction of sp³-hybridized carbons (Fsp3) is 0.533. The molecule has 0 saturated carbocycles. The zero-order valence-corrected chi connectivity index (χ0v) is 13.0. The molecule has 8 heteroatoms. The molecule has 0 bridgehead atoms. The van der Waals surface area contributed by atoms with Crippen LogP contribution in [0.15, 0.2) is 18.2 Å². The Bertz CT molecular complexity index is 570. The van der Waals surface area contributed by atoms with E-state index in [1.807, 2.05) is 0 Å². The molecule has 1 aliphatic heterocycles. The van der Waals surface area contributed by atoms with E-state index in [2.05, 4.69) is 5.32 Å². The van der Waals surface area contributed by atoms with Gasteiger partial charge in [0.25, 0.3) is 5.69 Å². The van der Waals surface area contributed by atoms with Crippen LogP contribution in [0.1, 0.15) is 18.4 Å². The maximum Gasteiger partial charge on any atom is 0.407 e. The zero-order chi connectivity index (χ0) is 16.8. The Kier molecular flexibility index (Phi) is 5.75. The van der Waals surface area contributed by atoms with Gasteiger partial charge in [0.05, 0.1) is 12.0 Å². The summed E-state index contributed by atoms with van der Waals surface area (Å²) in [6, 6.07) is 4.97. The van der Waals surface area contributed by atoms with E-state index in [0.717, 1.165) is 12.8 Å². The second-order valence-electron chi connectivity index (χ2n) is 5.50. The Morgan fingerprint density at radius 3 is 2.74 bits per heavy atom. The number of methoxy groups -OCH3 is 1. The van der Waals surface area contributed by atoms with Crippen molar-refractivity contribution in [3.63, 3.8) is 0 Å². The third kappa shape index (κ3) is 4.56. The summed E-state index contributed by atoms with van der Waals surface area (Å²) >= 11 is 0. The summed E-state index contributed by atoms with van der Waals surface area (Å²) in [7, 11) is 1.53. The normalized spacial score (nSPS) is 15.4. The highest BCUT2D eigenvalue weighted by Crippen LogP contribution is 2.24. The second kappa shape index (κ2) is 7.77. The molecule has 1 amide bonds. The number of ether oxygens (including phenoxy) is 1. The third-order valence-electron chi connectivity index (χ3n) is 4.08. The molecule has 1 saturated heterocycles. The highest BCUT2D eigenvalue weighted by Gasteiger charge is 2.22. The number of likely N-dealkylation sites (tertiary alicyclic amines) is 1. The molecule has 1 aliphatic rings. The van der Waals surface area contributed by atoms with E-state index in [1.165, 1.54) is 18.1 Å². The lowest BCUT2D eigenvalue weighted by atomic mass is 10.0. The van der Waals surface area contributed by atoms with Gasteiger partial charge < -0.3 is 20.1 Å². The van der Waals surface area contributed by atoms with Gasteiger partial charge in [0.15, 0.2) is 0 Å². The fourth-order valence-electron chi connectivity index (χ4n) is 2.75. The van der Waals surface area contributed by atoms with E-state index < -0.39 is 6.09 Å². The summed E-state index contributed by atoms with van der Waals surface area (Å²) in [5, 5.41) is 23.3. The monoisotopic (exact) mass is 323 g/mol. The van der Waals surface area contributed by atoms with Crippen molar-refractivity contribution in [2.45, 2.75) is 25.3 Å². The molecule has 23 heavy (non-hydrogen) atoms. The van der Waals surface area contributed by atoms with Crippen molar-refractivity contribution >= 4 is 11.8 Å². The van der Waals surface area contributed by atoms with Crippen molar-refractivity contribution in [3.8, 4) is 5.75 Å². The molecule has 0 aliphatic carbocycles. The van der Waals surface area contributed by atoms with Gasteiger partial charge in [0.1, 0.15) is 5.75 Å². The molecule has 2 N–H and O–H groups in total. The average Bonchev–Trinajstić information content (AvgIpc) is 2.55. The number of nitro benzene ring substituents is 1. The number of carbonyl (C=O) groups is 1. The van der Waals surface area contributed by atoms with Gasteiger partial charge in [-0.3, -0.25) is 10.1 Å². The smallest absolute Gasteiger partial charge is 0.407 e. The number of benzene rings is 1. The van der Waals surface area contributed by atoms with Crippen LogP contribution in [-0.2, 0) is 6.42 Å². The average molecular weight is 323 g/mol. The van der Waals surface area contributed by atoms with Crippen LogP contribution in [0.4, 0.5) is 10.5 Å². The summed E-state index contributed by atoms with van der Waals surface area (Å²) < 4.78 is 5.12. The molecule has 0 radical (unpaired) electrons. The lowest BCUT2D eigenvalue weighted by molar-refractivity contribution is -0.385. The first-order valence-corrected chi connectivity index (χ1v) is 7.54. The molecule has 2 rings (SSSR count). The number of carboxylic acid groups (broad SMARTS) is 1. The van der Waals surface area contributed by atoms with Crippen LogP contribution >= 0.6 is 0 Å². The summed E-state index contributed by atoms with van der Waals surface area (Å²) in [6.07, 6.45) is 1.15. The molecule has 1 fully saturated rings. The molecule has 8 nitrogen and oxygen atoms in total. The Morgan fingerprint density at radius 2 is 2.17 bits per heavy atom. The predicted molar refractivity (Wildman–Crippen MR) is 84.0 cm³/mol. The molecule has 1 aromatic carbocycles. The largest absolute Gasteiger partial charge is 0.497 e. The van der Waals surface area contributed by atoms with Gasteiger partial charge in [-0.05, 0) is 37.9 Å². The van der Waals surface area contributed by atoms with Crippen LogP contribution in [0, 0.1) is 10.1 Å². The Hall–Kier alpha value is -2.35. The zero-order valence-electron chi connectivity index (χ0n) is 13.0. The van der Waals surface area contributed by atoms with Gasteiger partial charge in [-0.25, -0.2) is 4.79 Å². The number of rotatable bonds is 6. The lowest BCUT2D eigenvalue weighted by Crippen LogP contribution is -2.44. The van der Waals surface area contributed by atoms with E-state index in [1.54, 1.807) is 12.1 Å². The summed E-state index contributed by atoms with van der Waals surface area (Å²) in [6.45, 7) is 1.64. The number of piperidine rings is 1. The summed E-state index contributed by atoms with van der Waals surface area (Å²) in [5.41, 5.74) is 0.720. The van der Waals surface area contributed by atoms with Crippen LogP contribution in [-0.4, -0.2) is 53.8 Å². The Labute approximate surface area is 134 Å². The first-order valence-electron chi connectivity index (χ1n) is 7.54. The van der Waals surface area contributed by atoms with Gasteiger partial charge in [0, 0.05) is 30.8 Å². The number of nitrogens with zero attached hydrogens (tertiary/aromatic N) is 2. The van der Waals surface area contributed by atoms with Crippen molar-refractivity contribution in [1.29, 1.82) is 0 Å². The molecular formula is C15H21N3O5. The highest BCUT2D eigenvalue weighted by atomic mass is 16.6. The summed E-state index contributed by atoms with van der Waals surface area (Å²) in [4.78, 5) is 22.9. The van der Waals surface area contributed by atoms with E-state index >= 15 is 0 Å². The van der Waals surface area contributed by atoms with Crippen LogP contribution < -0.4 is 10.1 Å². The van der Waals surface area contributed by atoms with Gasteiger partial charge in [-0.15, -0.1) is 0 Å². The van der Waals surface area contributed by atoms with E-state index in [-0.39, 0.29) is 16.7 Å². The lowest BCUT2D eigenvalue weighted by Gasteiger charge is -2.30. The van der Waals surface area contributed by atoms with Gasteiger partial charge in [-0.1, -0.05) is 0 Å². The molecule has 0 spiro atoms. The first-order chi connectivity index (χ1) is 11.0. The number of hydrogen-bond acceptors (Lipinski definition) is 5. The molecule has 126 valence electrons. The number of nitro groups is 1. The molecule has 1 aromatic rings. The second-order valence-corrected chi connectivity index (χ2v) is 5.50. The van der Waals surface area contributed by atoms with E-state index in [0.29, 0.717) is 37.4 Å². The van der Waals surface area contributed by atoms with Crippen molar-refractivity contribution in [2.75, 3.05) is 26.7 Å². The summed E-state index contributed by atoms with van der Waals surface area (Å²) in [5.74, 6) is 0.598. The minimum Gasteiger partial charge on any atom is -0.497 e. The van der Waals surface area contributed by atoms with Crippen molar-refractivity contribution in [1.82, 2.24) is 10.2 Å². The van der Waals surface area contributed by atoms with Crippen molar-refractivity contribution in [2.24, 2.45) is 0 Å². The van der Waals surface area contributed by atoms with Gasteiger partial charge in [0.2, 0.25) is 0 Å². The minimum atomic E-state index is -0.879.